The molecule has 1 aromatic rings. The van der Waals surface area contributed by atoms with Crippen LogP contribution in [0.15, 0.2) is 17.0 Å². The summed E-state index contributed by atoms with van der Waals surface area (Å²) < 4.78 is 34.1. The molecule has 0 amide bonds. The van der Waals surface area contributed by atoms with E-state index in [9.17, 15) is 8.42 Å². The molecule has 4 nitrogen and oxygen atoms in total. The summed E-state index contributed by atoms with van der Waals surface area (Å²) in [7, 11) is -2.06. The molecule has 2 rings (SSSR count). The minimum absolute atomic E-state index is 0.0160. The van der Waals surface area contributed by atoms with Crippen LogP contribution in [-0.4, -0.2) is 21.6 Å². The van der Waals surface area contributed by atoms with E-state index in [-0.39, 0.29) is 16.9 Å². The van der Waals surface area contributed by atoms with Gasteiger partial charge in [0.15, 0.2) is 0 Å². The smallest absolute Gasteiger partial charge is 0.244 e. The number of aryl methyl sites for hydroxylation is 1. The highest BCUT2D eigenvalue weighted by molar-refractivity contribution is 7.89. The van der Waals surface area contributed by atoms with E-state index in [0.29, 0.717) is 11.7 Å². The maximum absolute atomic E-state index is 12.9. The van der Waals surface area contributed by atoms with Crippen LogP contribution in [0.25, 0.3) is 0 Å². The first-order valence-electron chi connectivity index (χ1n) is 8.47. The molecule has 1 N–H and O–H groups in total. The quantitative estimate of drug-likeness (QED) is 0.882. The molecule has 1 fully saturated rings. The predicted octanol–water partition coefficient (Wildman–Crippen LogP) is 3.98. The summed E-state index contributed by atoms with van der Waals surface area (Å²) in [5.41, 5.74) is 2.10. The normalized spacial score (nSPS) is 22.3. The van der Waals surface area contributed by atoms with Gasteiger partial charge in [0.25, 0.3) is 0 Å². The van der Waals surface area contributed by atoms with Crippen LogP contribution >= 0.6 is 0 Å². The standard InChI is InChI=1S/C18H29NO3S/c1-12(2)15-11-18(17(22-5)10-14(15)4)23(20,21)19-16-9-7-6-8-13(16)3/h10-13,16,19H,6-9H2,1-5H3/t13-,16-/m1/s1. The molecule has 0 saturated heterocycles. The lowest BCUT2D eigenvalue weighted by atomic mass is 9.87. The summed E-state index contributed by atoms with van der Waals surface area (Å²) >= 11 is 0. The number of benzene rings is 1. The Balaban J connectivity index is 2.39. The largest absolute Gasteiger partial charge is 0.495 e. The molecule has 0 bridgehead atoms. The van der Waals surface area contributed by atoms with Crippen LogP contribution in [0.4, 0.5) is 0 Å². The van der Waals surface area contributed by atoms with Crippen molar-refractivity contribution in [3.8, 4) is 5.75 Å². The van der Waals surface area contributed by atoms with E-state index in [0.717, 1.165) is 30.4 Å². The number of ether oxygens (including phenoxy) is 1. The molecule has 1 saturated carbocycles. The molecule has 5 heteroatoms. The Morgan fingerprint density at radius 3 is 2.43 bits per heavy atom. The molecule has 1 aromatic carbocycles. The van der Waals surface area contributed by atoms with Crippen molar-refractivity contribution in [2.75, 3.05) is 7.11 Å². The van der Waals surface area contributed by atoms with Gasteiger partial charge in [-0.2, -0.15) is 0 Å². The van der Waals surface area contributed by atoms with Gasteiger partial charge < -0.3 is 4.74 Å². The van der Waals surface area contributed by atoms with E-state index in [1.807, 2.05) is 13.0 Å². The highest BCUT2D eigenvalue weighted by atomic mass is 32.2. The molecule has 0 radical (unpaired) electrons. The summed E-state index contributed by atoms with van der Waals surface area (Å²) in [5.74, 6) is 1.06. The number of methoxy groups -OCH3 is 1. The molecule has 130 valence electrons. The van der Waals surface area contributed by atoms with E-state index in [2.05, 4.69) is 25.5 Å². The van der Waals surface area contributed by atoms with Crippen molar-refractivity contribution < 1.29 is 13.2 Å². The maximum Gasteiger partial charge on any atom is 0.244 e. The van der Waals surface area contributed by atoms with Crippen LogP contribution in [0.2, 0.25) is 0 Å². The maximum atomic E-state index is 12.9. The van der Waals surface area contributed by atoms with Gasteiger partial charge in [-0.3, -0.25) is 0 Å². The third kappa shape index (κ3) is 4.07. The topological polar surface area (TPSA) is 55.4 Å². The molecule has 1 aliphatic rings. The van der Waals surface area contributed by atoms with E-state index in [1.165, 1.54) is 13.5 Å². The van der Waals surface area contributed by atoms with Crippen LogP contribution in [0.3, 0.4) is 0 Å². The molecular weight excluding hydrogens is 310 g/mol. The van der Waals surface area contributed by atoms with Crippen LogP contribution in [0.1, 0.15) is 63.5 Å². The first-order chi connectivity index (χ1) is 10.8. The van der Waals surface area contributed by atoms with Gasteiger partial charge in [-0.1, -0.05) is 33.6 Å². The highest BCUT2D eigenvalue weighted by Crippen LogP contribution is 2.32. The lowest BCUT2D eigenvalue weighted by Gasteiger charge is -2.29. The lowest BCUT2D eigenvalue weighted by molar-refractivity contribution is 0.310. The minimum Gasteiger partial charge on any atom is -0.495 e. The van der Waals surface area contributed by atoms with Gasteiger partial charge in [0, 0.05) is 6.04 Å². The fourth-order valence-electron chi connectivity index (χ4n) is 3.42. The van der Waals surface area contributed by atoms with Gasteiger partial charge in [0.1, 0.15) is 10.6 Å². The number of hydrogen-bond donors (Lipinski definition) is 1. The number of nitrogens with one attached hydrogen (secondary N) is 1. The van der Waals surface area contributed by atoms with Crippen LogP contribution in [0.5, 0.6) is 5.75 Å². The summed E-state index contributed by atoms with van der Waals surface area (Å²) in [4.78, 5) is 0.257. The average Bonchev–Trinajstić information content (AvgIpc) is 2.48. The summed E-state index contributed by atoms with van der Waals surface area (Å²) in [6, 6.07) is 3.62. The number of rotatable bonds is 5. The number of sulfonamides is 1. The van der Waals surface area contributed by atoms with Crippen molar-refractivity contribution in [2.24, 2.45) is 5.92 Å². The van der Waals surface area contributed by atoms with Crippen molar-refractivity contribution in [1.82, 2.24) is 4.72 Å². The Morgan fingerprint density at radius 1 is 1.22 bits per heavy atom. The fourth-order valence-corrected chi connectivity index (χ4v) is 4.99. The summed E-state index contributed by atoms with van der Waals surface area (Å²) in [6.45, 7) is 8.26. The SMILES string of the molecule is COc1cc(C)c(C(C)C)cc1S(=O)(=O)N[C@@H]1CCCC[C@H]1C. The van der Waals surface area contributed by atoms with Crippen molar-refractivity contribution in [2.45, 2.75) is 70.2 Å². The van der Waals surface area contributed by atoms with Gasteiger partial charge in [0.2, 0.25) is 10.0 Å². The summed E-state index contributed by atoms with van der Waals surface area (Å²) in [6.07, 6.45) is 4.26. The predicted molar refractivity (Wildman–Crippen MR) is 93.6 cm³/mol. The Morgan fingerprint density at radius 2 is 1.87 bits per heavy atom. The second-order valence-electron chi connectivity index (χ2n) is 7.00. The zero-order valence-corrected chi connectivity index (χ0v) is 15.7. The van der Waals surface area contributed by atoms with Gasteiger partial charge >= 0.3 is 0 Å². The second kappa shape index (κ2) is 7.22. The fraction of sp³-hybridized carbons (Fsp3) is 0.667. The molecule has 0 aliphatic heterocycles. The van der Waals surface area contributed by atoms with Crippen LogP contribution < -0.4 is 9.46 Å². The lowest BCUT2D eigenvalue weighted by Crippen LogP contribution is -2.41. The Labute approximate surface area is 140 Å². The Hall–Kier alpha value is -1.07. The van der Waals surface area contributed by atoms with Crippen molar-refractivity contribution in [1.29, 1.82) is 0 Å². The molecule has 0 aromatic heterocycles. The highest BCUT2D eigenvalue weighted by Gasteiger charge is 2.29. The van der Waals surface area contributed by atoms with Crippen molar-refractivity contribution in [3.63, 3.8) is 0 Å². The van der Waals surface area contributed by atoms with Crippen molar-refractivity contribution >= 4 is 10.0 Å². The Bertz CT molecular complexity index is 652. The molecule has 0 heterocycles. The van der Waals surface area contributed by atoms with Gasteiger partial charge in [-0.05, 0) is 54.9 Å². The first kappa shape index (κ1) is 18.3. The van der Waals surface area contributed by atoms with Gasteiger partial charge in [0.05, 0.1) is 7.11 Å². The molecule has 0 spiro atoms. The first-order valence-corrected chi connectivity index (χ1v) is 9.95. The molecule has 0 unspecified atom stereocenters. The summed E-state index contributed by atoms with van der Waals surface area (Å²) in [5, 5.41) is 0. The number of hydrogen-bond acceptors (Lipinski definition) is 3. The Kier molecular flexibility index (Phi) is 5.74. The third-order valence-corrected chi connectivity index (χ3v) is 6.39. The zero-order valence-electron chi connectivity index (χ0n) is 14.8. The van der Waals surface area contributed by atoms with Gasteiger partial charge in [-0.15, -0.1) is 0 Å². The van der Waals surface area contributed by atoms with E-state index < -0.39 is 10.0 Å². The average molecular weight is 340 g/mol. The van der Waals surface area contributed by atoms with Crippen molar-refractivity contribution in [3.05, 3.63) is 23.3 Å². The van der Waals surface area contributed by atoms with Gasteiger partial charge in [-0.25, -0.2) is 13.1 Å². The zero-order chi connectivity index (χ0) is 17.2. The molecule has 2 atom stereocenters. The molecular formula is C18H29NO3S. The van der Waals surface area contributed by atoms with E-state index in [4.69, 9.17) is 4.74 Å². The monoisotopic (exact) mass is 339 g/mol. The van der Waals surface area contributed by atoms with E-state index in [1.54, 1.807) is 6.07 Å². The third-order valence-electron chi connectivity index (χ3n) is 4.88. The molecule has 23 heavy (non-hydrogen) atoms. The van der Waals surface area contributed by atoms with Crippen LogP contribution in [-0.2, 0) is 10.0 Å². The van der Waals surface area contributed by atoms with E-state index >= 15 is 0 Å². The second-order valence-corrected chi connectivity index (χ2v) is 8.69. The minimum atomic E-state index is -3.58. The van der Waals surface area contributed by atoms with Crippen LogP contribution in [0, 0.1) is 12.8 Å². The molecule has 1 aliphatic carbocycles.